The third-order valence-electron chi connectivity index (χ3n) is 4.47. The molecule has 3 N–H and O–H groups in total. The highest BCUT2D eigenvalue weighted by atomic mass is 35.5. The number of halogens is 1. The van der Waals surface area contributed by atoms with E-state index in [4.69, 9.17) is 21.1 Å². The molecule has 3 heterocycles. The number of nitrogens with zero attached hydrogens (tertiary/aromatic N) is 3. The van der Waals surface area contributed by atoms with Gasteiger partial charge in [0.05, 0.1) is 31.2 Å². The lowest BCUT2D eigenvalue weighted by Gasteiger charge is -2.22. The number of methoxy groups -OCH3 is 1. The number of aliphatic hydroxyl groups excluding tert-OH is 1. The third-order valence-corrected chi connectivity index (χ3v) is 6.68. The van der Waals surface area contributed by atoms with Crippen LogP contribution in [0.15, 0.2) is 17.5 Å². The molecule has 0 fully saturated rings. The minimum atomic E-state index is -1.20. The maximum absolute atomic E-state index is 12.2. The fraction of sp³-hybridized carbons (Fsp3) is 0.429. The summed E-state index contributed by atoms with van der Waals surface area (Å²) in [7, 11) is 1.45. The van der Waals surface area contributed by atoms with Gasteiger partial charge in [-0.3, -0.25) is 4.90 Å². The second-order valence-corrected chi connectivity index (χ2v) is 10.7. The summed E-state index contributed by atoms with van der Waals surface area (Å²) in [6.45, 7) is 4.96. The summed E-state index contributed by atoms with van der Waals surface area (Å²) in [5.41, 5.74) is -0.340. The van der Waals surface area contributed by atoms with E-state index in [0.717, 1.165) is 9.78 Å². The molecule has 3 aromatic heterocycles. The van der Waals surface area contributed by atoms with E-state index in [1.54, 1.807) is 20.8 Å². The van der Waals surface area contributed by atoms with E-state index >= 15 is 0 Å². The van der Waals surface area contributed by atoms with Gasteiger partial charge in [0, 0.05) is 11.3 Å². The highest BCUT2D eigenvalue weighted by Crippen LogP contribution is 2.42. The average Bonchev–Trinajstić information content (AvgIpc) is 3.36. The van der Waals surface area contributed by atoms with Gasteiger partial charge in [0.2, 0.25) is 5.28 Å². The number of amides is 2. The lowest BCUT2D eigenvalue weighted by molar-refractivity contribution is 0.0483. The molecule has 0 radical (unpaired) electrons. The zero-order valence-corrected chi connectivity index (χ0v) is 21.4. The van der Waals surface area contributed by atoms with E-state index in [-0.39, 0.29) is 30.7 Å². The number of ether oxygens (including phenoxy) is 2. The lowest BCUT2D eigenvalue weighted by Crippen LogP contribution is -2.42. The van der Waals surface area contributed by atoms with E-state index in [0.29, 0.717) is 20.8 Å². The van der Waals surface area contributed by atoms with Gasteiger partial charge in [0.1, 0.15) is 15.8 Å². The molecular formula is C21H25ClN4O6S2. The smallest absolute Gasteiger partial charge is 0.413 e. The predicted octanol–water partition coefficient (Wildman–Crippen LogP) is 4.53. The summed E-state index contributed by atoms with van der Waals surface area (Å²) >= 11 is 8.79. The first-order valence-electron chi connectivity index (χ1n) is 10.2. The van der Waals surface area contributed by atoms with Crippen LogP contribution < -0.4 is 15.0 Å². The Morgan fingerprint density at radius 3 is 2.62 bits per heavy atom. The molecule has 2 amide bonds. The number of nitrogens with one attached hydrogen (secondary N) is 1. The van der Waals surface area contributed by atoms with Crippen LogP contribution in [0.2, 0.25) is 5.28 Å². The standard InChI is InChI=1S/C21H25ClN4O6S2/c1-21(2,3)32-19(28)23-11(10-27)8-13-15(31-4)14-16(34-13)17(25-18(22)24-14)26(20(29)30)9-12-6-5-7-33-12/h5-7,11,27H,8-10H2,1-4H3,(H,23,28)(H,29,30). The fourth-order valence-corrected chi connectivity index (χ4v) is 5.28. The summed E-state index contributed by atoms with van der Waals surface area (Å²) in [6, 6.07) is 2.99. The van der Waals surface area contributed by atoms with Gasteiger partial charge >= 0.3 is 12.2 Å². The van der Waals surface area contributed by atoms with Crippen LogP contribution in [0.3, 0.4) is 0 Å². The lowest BCUT2D eigenvalue weighted by atomic mass is 10.1. The molecule has 13 heteroatoms. The molecule has 0 aliphatic carbocycles. The van der Waals surface area contributed by atoms with E-state index < -0.39 is 23.8 Å². The topological polar surface area (TPSA) is 134 Å². The van der Waals surface area contributed by atoms with Crippen LogP contribution in [0, 0.1) is 0 Å². The summed E-state index contributed by atoms with van der Waals surface area (Å²) < 4.78 is 11.3. The van der Waals surface area contributed by atoms with Gasteiger partial charge in [-0.2, -0.15) is 4.98 Å². The number of fused-ring (bicyclic) bond motifs is 1. The van der Waals surface area contributed by atoms with Gasteiger partial charge in [-0.1, -0.05) is 6.07 Å². The van der Waals surface area contributed by atoms with E-state index in [2.05, 4.69) is 15.3 Å². The minimum Gasteiger partial charge on any atom is -0.493 e. The second kappa shape index (κ2) is 10.7. The number of carboxylic acid groups (broad SMARTS) is 1. The van der Waals surface area contributed by atoms with Crippen molar-refractivity contribution in [1.82, 2.24) is 15.3 Å². The largest absolute Gasteiger partial charge is 0.493 e. The van der Waals surface area contributed by atoms with Crippen LogP contribution in [-0.2, 0) is 17.7 Å². The number of carbonyl (C=O) groups excluding carboxylic acids is 1. The molecule has 0 aliphatic heterocycles. The Morgan fingerprint density at radius 1 is 1.32 bits per heavy atom. The zero-order valence-electron chi connectivity index (χ0n) is 19.0. The molecule has 34 heavy (non-hydrogen) atoms. The summed E-state index contributed by atoms with van der Waals surface area (Å²) in [5, 5.41) is 24.1. The molecule has 184 valence electrons. The summed E-state index contributed by atoms with van der Waals surface area (Å²) in [4.78, 5) is 35.3. The summed E-state index contributed by atoms with van der Waals surface area (Å²) in [5.74, 6) is 0.502. The number of rotatable bonds is 8. The van der Waals surface area contributed by atoms with Crippen LogP contribution in [-0.4, -0.2) is 57.7 Å². The van der Waals surface area contributed by atoms with Crippen LogP contribution in [0.4, 0.5) is 15.4 Å². The Kier molecular flexibility index (Phi) is 8.18. The Morgan fingerprint density at radius 2 is 2.06 bits per heavy atom. The Labute approximate surface area is 209 Å². The third kappa shape index (κ3) is 6.26. The van der Waals surface area contributed by atoms with Crippen LogP contribution in [0.1, 0.15) is 30.5 Å². The Hall–Kier alpha value is -2.67. The van der Waals surface area contributed by atoms with Crippen molar-refractivity contribution in [1.29, 1.82) is 0 Å². The molecule has 1 unspecified atom stereocenters. The highest BCUT2D eigenvalue weighted by molar-refractivity contribution is 7.20. The molecule has 3 aromatic rings. The monoisotopic (exact) mass is 528 g/mol. The van der Waals surface area contributed by atoms with E-state index in [9.17, 15) is 19.8 Å². The van der Waals surface area contributed by atoms with Crippen LogP contribution in [0.25, 0.3) is 10.2 Å². The van der Waals surface area contributed by atoms with Gasteiger partial charge in [0.25, 0.3) is 0 Å². The minimum absolute atomic E-state index is 0.0878. The maximum Gasteiger partial charge on any atom is 0.413 e. The maximum atomic E-state index is 12.2. The predicted molar refractivity (Wildman–Crippen MR) is 131 cm³/mol. The number of carbonyl (C=O) groups is 2. The molecule has 1 atom stereocenters. The molecule has 10 nitrogen and oxygen atoms in total. The molecule has 0 spiro atoms. The first-order chi connectivity index (χ1) is 16.0. The zero-order chi connectivity index (χ0) is 25.0. The van der Waals surface area contributed by atoms with Crippen molar-refractivity contribution in [2.24, 2.45) is 0 Å². The highest BCUT2D eigenvalue weighted by Gasteiger charge is 2.28. The van der Waals surface area contributed by atoms with Crippen LogP contribution >= 0.6 is 34.3 Å². The number of alkyl carbamates (subject to hydrolysis) is 1. The van der Waals surface area contributed by atoms with Crippen molar-refractivity contribution in [3.8, 4) is 5.75 Å². The van der Waals surface area contributed by atoms with Crippen molar-refractivity contribution in [3.05, 3.63) is 32.6 Å². The van der Waals surface area contributed by atoms with E-state index in [1.807, 2.05) is 17.5 Å². The molecule has 0 aromatic carbocycles. The molecule has 0 aliphatic rings. The van der Waals surface area contributed by atoms with Gasteiger partial charge in [0.15, 0.2) is 11.6 Å². The molecule has 0 saturated heterocycles. The van der Waals surface area contributed by atoms with E-state index in [1.165, 1.54) is 29.8 Å². The fourth-order valence-electron chi connectivity index (χ4n) is 3.14. The van der Waals surface area contributed by atoms with Crippen molar-refractivity contribution in [3.63, 3.8) is 0 Å². The number of aliphatic hydroxyl groups is 1. The first-order valence-corrected chi connectivity index (χ1v) is 12.3. The SMILES string of the molecule is COc1c(CC(CO)NC(=O)OC(C)(C)C)sc2c(N(Cc3cccs3)C(=O)O)nc(Cl)nc12. The van der Waals surface area contributed by atoms with Gasteiger partial charge in [-0.05, 0) is 43.8 Å². The van der Waals surface area contributed by atoms with Crippen molar-refractivity contribution < 1.29 is 29.3 Å². The number of hydrogen-bond acceptors (Lipinski definition) is 9. The number of anilines is 1. The number of thiophene rings is 2. The number of hydrogen-bond donors (Lipinski definition) is 3. The quantitative estimate of drug-likeness (QED) is 0.363. The van der Waals surface area contributed by atoms with Gasteiger partial charge in [-0.25, -0.2) is 14.6 Å². The Bertz CT molecular complexity index is 1160. The Balaban J connectivity index is 1.99. The normalized spacial score (nSPS) is 12.4. The second-order valence-electron chi connectivity index (χ2n) is 8.23. The van der Waals surface area contributed by atoms with Crippen molar-refractivity contribution in [2.45, 2.75) is 45.4 Å². The van der Waals surface area contributed by atoms with Crippen molar-refractivity contribution in [2.75, 3.05) is 18.6 Å². The molecule has 0 bridgehead atoms. The molecular weight excluding hydrogens is 504 g/mol. The average molecular weight is 529 g/mol. The van der Waals surface area contributed by atoms with Gasteiger partial charge in [-0.15, -0.1) is 22.7 Å². The summed E-state index contributed by atoms with van der Waals surface area (Å²) in [6.07, 6.45) is -1.67. The molecule has 3 rings (SSSR count). The molecule has 0 saturated carbocycles. The van der Waals surface area contributed by atoms with Gasteiger partial charge < -0.3 is 25.0 Å². The van der Waals surface area contributed by atoms with Crippen molar-refractivity contribution >= 4 is 62.5 Å². The number of aromatic nitrogens is 2. The van der Waals surface area contributed by atoms with Crippen LogP contribution in [0.5, 0.6) is 5.75 Å². The first kappa shape index (κ1) is 25.9.